The van der Waals surface area contributed by atoms with Gasteiger partial charge in [0.2, 0.25) is 5.91 Å². The van der Waals surface area contributed by atoms with Gasteiger partial charge in [-0.2, -0.15) is 0 Å². The maximum absolute atomic E-state index is 13.8. The number of hydrogen-bond donors (Lipinski definition) is 1. The normalized spacial score (nSPS) is 14.4. The Morgan fingerprint density at radius 2 is 1.55 bits per heavy atom. The van der Waals surface area contributed by atoms with Crippen LogP contribution in [0.3, 0.4) is 0 Å². The van der Waals surface area contributed by atoms with E-state index in [0.29, 0.717) is 17.9 Å². The molecule has 1 aliphatic carbocycles. The number of amides is 2. The first-order valence-electron chi connectivity index (χ1n) is 13.2. The SMILES string of the molecule is COc1ccccc1OCC(=O)N(Cc1ccc(F)cc1)[C@@H](Cc1ccccc1)C(=O)NC1CCCCC1. The molecule has 7 heteroatoms. The van der Waals surface area contributed by atoms with Gasteiger partial charge in [0.1, 0.15) is 11.9 Å². The number of benzene rings is 3. The van der Waals surface area contributed by atoms with Crippen molar-refractivity contribution in [2.75, 3.05) is 13.7 Å². The Labute approximate surface area is 223 Å². The first-order chi connectivity index (χ1) is 18.5. The number of nitrogens with zero attached hydrogens (tertiary/aromatic N) is 1. The molecule has 4 rings (SSSR count). The molecular formula is C31H35FN2O4. The molecule has 2 amide bonds. The molecule has 3 aromatic rings. The van der Waals surface area contributed by atoms with Gasteiger partial charge in [0.15, 0.2) is 18.1 Å². The van der Waals surface area contributed by atoms with Crippen LogP contribution in [0.1, 0.15) is 43.2 Å². The van der Waals surface area contributed by atoms with Crippen LogP contribution in [0, 0.1) is 5.82 Å². The number of carbonyl (C=O) groups is 2. The molecule has 0 aromatic heterocycles. The fourth-order valence-corrected chi connectivity index (χ4v) is 4.85. The van der Waals surface area contributed by atoms with Gasteiger partial charge in [0.05, 0.1) is 7.11 Å². The van der Waals surface area contributed by atoms with Crippen LogP contribution in [-0.4, -0.2) is 42.5 Å². The summed E-state index contributed by atoms with van der Waals surface area (Å²) in [5.74, 6) is 0.0630. The molecule has 0 bridgehead atoms. The van der Waals surface area contributed by atoms with Crippen molar-refractivity contribution in [3.05, 3.63) is 95.8 Å². The summed E-state index contributed by atoms with van der Waals surface area (Å²) in [5.41, 5.74) is 1.67. The van der Waals surface area contributed by atoms with Crippen molar-refractivity contribution >= 4 is 11.8 Å². The van der Waals surface area contributed by atoms with Gasteiger partial charge in [-0.15, -0.1) is 0 Å². The molecule has 1 saturated carbocycles. The third-order valence-electron chi connectivity index (χ3n) is 6.91. The Balaban J connectivity index is 1.61. The molecule has 0 radical (unpaired) electrons. The maximum Gasteiger partial charge on any atom is 0.261 e. The lowest BCUT2D eigenvalue weighted by molar-refractivity contribution is -0.143. The molecule has 0 aliphatic heterocycles. The Morgan fingerprint density at radius 3 is 2.24 bits per heavy atom. The zero-order valence-corrected chi connectivity index (χ0v) is 21.8. The van der Waals surface area contributed by atoms with Crippen LogP contribution >= 0.6 is 0 Å². The lowest BCUT2D eigenvalue weighted by Crippen LogP contribution is -2.53. The number of carbonyl (C=O) groups excluding carboxylic acids is 2. The number of methoxy groups -OCH3 is 1. The van der Waals surface area contributed by atoms with E-state index in [4.69, 9.17) is 9.47 Å². The third-order valence-corrected chi connectivity index (χ3v) is 6.91. The molecule has 200 valence electrons. The zero-order chi connectivity index (χ0) is 26.7. The second-order valence-corrected chi connectivity index (χ2v) is 9.64. The second-order valence-electron chi connectivity index (χ2n) is 9.64. The minimum absolute atomic E-state index is 0.0992. The number of rotatable bonds is 11. The summed E-state index contributed by atoms with van der Waals surface area (Å²) in [5, 5.41) is 3.21. The standard InChI is InChI=1S/C31H35FN2O4/c1-37-28-14-8-9-15-29(28)38-22-30(35)34(21-24-16-18-25(32)19-17-24)27(20-23-10-4-2-5-11-23)31(36)33-26-12-6-3-7-13-26/h2,4-5,8-11,14-19,26-27H,3,6-7,12-13,20-22H2,1H3,(H,33,36)/t27-/m0/s1. The Hall–Kier alpha value is -3.87. The van der Waals surface area contributed by atoms with E-state index in [1.807, 2.05) is 36.4 Å². The lowest BCUT2D eigenvalue weighted by Gasteiger charge is -2.33. The van der Waals surface area contributed by atoms with Gasteiger partial charge < -0.3 is 19.7 Å². The van der Waals surface area contributed by atoms with Crippen LogP contribution in [-0.2, 0) is 22.6 Å². The number of ether oxygens (including phenoxy) is 2. The molecule has 3 aromatic carbocycles. The Bertz CT molecular complexity index is 1180. The maximum atomic E-state index is 13.8. The van der Waals surface area contributed by atoms with Crippen LogP contribution in [0.15, 0.2) is 78.9 Å². The topological polar surface area (TPSA) is 67.9 Å². The van der Waals surface area contributed by atoms with Gasteiger partial charge in [-0.1, -0.05) is 73.9 Å². The Kier molecular flexibility index (Phi) is 9.73. The summed E-state index contributed by atoms with van der Waals surface area (Å²) in [6.45, 7) is -0.131. The molecule has 1 N–H and O–H groups in total. The largest absolute Gasteiger partial charge is 0.493 e. The molecule has 0 saturated heterocycles. The van der Waals surface area contributed by atoms with Crippen molar-refractivity contribution in [1.29, 1.82) is 0 Å². The summed E-state index contributed by atoms with van der Waals surface area (Å²) in [7, 11) is 1.54. The number of hydrogen-bond acceptors (Lipinski definition) is 4. The molecule has 1 aliphatic rings. The van der Waals surface area contributed by atoms with Crippen molar-refractivity contribution < 1.29 is 23.5 Å². The summed E-state index contributed by atoms with van der Waals surface area (Å²) in [4.78, 5) is 29.0. The lowest BCUT2D eigenvalue weighted by atomic mass is 9.94. The minimum atomic E-state index is -0.766. The predicted molar refractivity (Wildman–Crippen MR) is 144 cm³/mol. The molecule has 0 spiro atoms. The molecule has 38 heavy (non-hydrogen) atoms. The van der Waals surface area contributed by atoms with E-state index >= 15 is 0 Å². The first-order valence-corrected chi connectivity index (χ1v) is 13.2. The summed E-state index contributed by atoms with van der Waals surface area (Å²) in [6.07, 6.45) is 5.56. The number of para-hydroxylation sites is 2. The van der Waals surface area contributed by atoms with E-state index in [9.17, 15) is 14.0 Å². The van der Waals surface area contributed by atoms with Gasteiger partial charge in [-0.05, 0) is 48.2 Å². The van der Waals surface area contributed by atoms with Gasteiger partial charge in [-0.25, -0.2) is 4.39 Å². The van der Waals surface area contributed by atoms with Crippen LogP contribution in [0.2, 0.25) is 0 Å². The average molecular weight is 519 g/mol. The van der Waals surface area contributed by atoms with Gasteiger partial charge in [-0.3, -0.25) is 9.59 Å². The zero-order valence-electron chi connectivity index (χ0n) is 21.8. The number of nitrogens with one attached hydrogen (secondary N) is 1. The summed E-state index contributed by atoms with van der Waals surface area (Å²) < 4.78 is 24.8. The van der Waals surface area contributed by atoms with Crippen LogP contribution < -0.4 is 14.8 Å². The van der Waals surface area contributed by atoms with E-state index in [-0.39, 0.29) is 36.8 Å². The number of halogens is 1. The Morgan fingerprint density at radius 1 is 0.895 bits per heavy atom. The van der Waals surface area contributed by atoms with Crippen LogP contribution in [0.25, 0.3) is 0 Å². The highest BCUT2D eigenvalue weighted by atomic mass is 19.1. The molecule has 0 heterocycles. The van der Waals surface area contributed by atoms with E-state index in [1.54, 1.807) is 35.2 Å². The third kappa shape index (κ3) is 7.57. The van der Waals surface area contributed by atoms with E-state index in [0.717, 1.165) is 36.8 Å². The molecule has 0 unspecified atom stereocenters. The first kappa shape index (κ1) is 27.2. The van der Waals surface area contributed by atoms with Crippen molar-refractivity contribution in [3.8, 4) is 11.5 Å². The fourth-order valence-electron chi connectivity index (χ4n) is 4.85. The molecule has 6 nitrogen and oxygen atoms in total. The highest BCUT2D eigenvalue weighted by Gasteiger charge is 2.32. The monoisotopic (exact) mass is 518 g/mol. The van der Waals surface area contributed by atoms with E-state index in [2.05, 4.69) is 5.32 Å². The highest BCUT2D eigenvalue weighted by Crippen LogP contribution is 2.26. The van der Waals surface area contributed by atoms with Crippen LogP contribution in [0.5, 0.6) is 11.5 Å². The van der Waals surface area contributed by atoms with Crippen LogP contribution in [0.4, 0.5) is 4.39 Å². The summed E-state index contributed by atoms with van der Waals surface area (Å²) >= 11 is 0. The molecule has 1 atom stereocenters. The van der Waals surface area contributed by atoms with Gasteiger partial charge in [0, 0.05) is 19.0 Å². The quantitative estimate of drug-likeness (QED) is 0.374. The van der Waals surface area contributed by atoms with Crippen molar-refractivity contribution in [1.82, 2.24) is 10.2 Å². The minimum Gasteiger partial charge on any atom is -0.493 e. The highest BCUT2D eigenvalue weighted by molar-refractivity contribution is 5.88. The molecule has 1 fully saturated rings. The summed E-state index contributed by atoms with van der Waals surface area (Å²) in [6, 6.07) is 22.1. The van der Waals surface area contributed by atoms with Crippen molar-refractivity contribution in [2.24, 2.45) is 0 Å². The second kappa shape index (κ2) is 13.6. The molecular weight excluding hydrogens is 483 g/mol. The van der Waals surface area contributed by atoms with Crippen molar-refractivity contribution in [2.45, 2.75) is 57.2 Å². The fraction of sp³-hybridized carbons (Fsp3) is 0.355. The predicted octanol–water partition coefficient (Wildman–Crippen LogP) is 5.30. The van der Waals surface area contributed by atoms with Gasteiger partial charge >= 0.3 is 0 Å². The van der Waals surface area contributed by atoms with E-state index in [1.165, 1.54) is 25.7 Å². The average Bonchev–Trinajstić information content (AvgIpc) is 2.95. The van der Waals surface area contributed by atoms with Gasteiger partial charge in [0.25, 0.3) is 5.91 Å². The van der Waals surface area contributed by atoms with Crippen molar-refractivity contribution in [3.63, 3.8) is 0 Å². The van der Waals surface area contributed by atoms with E-state index < -0.39 is 6.04 Å². The smallest absolute Gasteiger partial charge is 0.261 e.